The van der Waals surface area contributed by atoms with Crippen molar-refractivity contribution in [1.82, 2.24) is 19.8 Å². The number of alkyl halides is 3. The standard InChI is InChI=1S/C32H30F3N5O2/c33-32(34,35)28-8-4-3-6-25(28)27-19-22-20-36-30(38-29(22)26-7-2-1-5-24(26)27)37-23-11-9-21(10-12-23)13-14-39-15-17-40(18-16-39)31(41)42/h1-12,20,27H,13-19H2,(H,41,42)(H,36,37,38). The van der Waals surface area contributed by atoms with Crippen LogP contribution in [0.1, 0.15) is 33.7 Å². The van der Waals surface area contributed by atoms with Crippen molar-refractivity contribution in [1.29, 1.82) is 0 Å². The first-order valence-corrected chi connectivity index (χ1v) is 13.9. The third-order valence-corrected chi connectivity index (χ3v) is 8.09. The van der Waals surface area contributed by atoms with E-state index in [4.69, 9.17) is 10.1 Å². The molecule has 6 rings (SSSR count). The van der Waals surface area contributed by atoms with Gasteiger partial charge in [0.1, 0.15) is 0 Å². The van der Waals surface area contributed by atoms with Crippen LogP contribution < -0.4 is 5.32 Å². The van der Waals surface area contributed by atoms with Gasteiger partial charge in [0.25, 0.3) is 0 Å². The monoisotopic (exact) mass is 573 g/mol. The van der Waals surface area contributed by atoms with E-state index < -0.39 is 23.8 Å². The smallest absolute Gasteiger partial charge is 0.416 e. The van der Waals surface area contributed by atoms with Crippen LogP contribution in [-0.4, -0.2) is 63.7 Å². The van der Waals surface area contributed by atoms with Gasteiger partial charge in [-0.3, -0.25) is 4.90 Å². The number of hydrogen-bond donors (Lipinski definition) is 2. The first kappa shape index (κ1) is 27.7. The number of fused-ring (bicyclic) bond motifs is 3. The maximum Gasteiger partial charge on any atom is 0.416 e. The fourth-order valence-corrected chi connectivity index (χ4v) is 5.87. The van der Waals surface area contributed by atoms with Crippen LogP contribution in [0.5, 0.6) is 0 Å². The molecule has 0 spiro atoms. The number of carbonyl (C=O) groups is 1. The Kier molecular flexibility index (Phi) is 7.55. The molecule has 7 nitrogen and oxygen atoms in total. The normalized spacial score (nSPS) is 16.9. The highest BCUT2D eigenvalue weighted by atomic mass is 19.4. The molecule has 1 saturated heterocycles. The molecule has 2 aliphatic rings. The van der Waals surface area contributed by atoms with E-state index in [-0.39, 0.29) is 5.56 Å². The molecular formula is C32H30F3N5O2. The van der Waals surface area contributed by atoms with Crippen LogP contribution in [0.4, 0.5) is 29.6 Å². The fraction of sp³-hybridized carbons (Fsp3) is 0.281. The lowest BCUT2D eigenvalue weighted by molar-refractivity contribution is -0.138. The Bertz CT molecular complexity index is 1580. The molecule has 1 aliphatic carbocycles. The summed E-state index contributed by atoms with van der Waals surface area (Å²) in [5.41, 5.74) is 4.81. The first-order valence-electron chi connectivity index (χ1n) is 13.9. The minimum absolute atomic E-state index is 0.257. The summed E-state index contributed by atoms with van der Waals surface area (Å²) in [6, 6.07) is 21.3. The van der Waals surface area contributed by atoms with Gasteiger partial charge >= 0.3 is 12.3 Å². The van der Waals surface area contributed by atoms with Crippen molar-refractivity contribution >= 4 is 17.7 Å². The predicted octanol–water partition coefficient (Wildman–Crippen LogP) is 6.43. The Labute approximate surface area is 241 Å². The third kappa shape index (κ3) is 5.80. The molecule has 2 heterocycles. The average Bonchev–Trinajstić information content (AvgIpc) is 3.00. The topological polar surface area (TPSA) is 81.6 Å². The molecule has 1 aromatic heterocycles. The van der Waals surface area contributed by atoms with E-state index in [1.165, 1.54) is 16.5 Å². The van der Waals surface area contributed by atoms with Crippen LogP contribution in [0.3, 0.4) is 0 Å². The summed E-state index contributed by atoms with van der Waals surface area (Å²) in [6.45, 7) is 3.40. The number of piperazine rings is 1. The number of anilines is 2. The molecule has 1 atom stereocenters. The molecule has 0 radical (unpaired) electrons. The van der Waals surface area contributed by atoms with E-state index >= 15 is 0 Å². The highest BCUT2D eigenvalue weighted by Crippen LogP contribution is 2.45. The van der Waals surface area contributed by atoms with E-state index in [9.17, 15) is 18.0 Å². The number of rotatable bonds is 6. The van der Waals surface area contributed by atoms with Crippen LogP contribution in [-0.2, 0) is 19.0 Å². The zero-order valence-corrected chi connectivity index (χ0v) is 22.8. The van der Waals surface area contributed by atoms with Gasteiger partial charge in [0.05, 0.1) is 11.3 Å². The minimum Gasteiger partial charge on any atom is -0.465 e. The Morgan fingerprint density at radius 2 is 1.62 bits per heavy atom. The van der Waals surface area contributed by atoms with Crippen LogP contribution in [0.25, 0.3) is 11.3 Å². The summed E-state index contributed by atoms with van der Waals surface area (Å²) in [4.78, 5) is 24.1. The van der Waals surface area contributed by atoms with Gasteiger partial charge in [-0.2, -0.15) is 13.2 Å². The van der Waals surface area contributed by atoms with Gasteiger partial charge in [0.15, 0.2) is 0 Å². The number of amides is 1. The maximum absolute atomic E-state index is 13.9. The van der Waals surface area contributed by atoms with Gasteiger partial charge in [-0.15, -0.1) is 0 Å². The van der Waals surface area contributed by atoms with E-state index in [0.717, 1.165) is 60.2 Å². The largest absolute Gasteiger partial charge is 0.465 e. The number of hydrogen-bond acceptors (Lipinski definition) is 5. The van der Waals surface area contributed by atoms with Gasteiger partial charge in [0.2, 0.25) is 5.95 Å². The molecule has 1 unspecified atom stereocenters. The van der Waals surface area contributed by atoms with Crippen molar-refractivity contribution < 1.29 is 23.1 Å². The summed E-state index contributed by atoms with van der Waals surface area (Å²) >= 11 is 0. The summed E-state index contributed by atoms with van der Waals surface area (Å²) in [7, 11) is 0. The van der Waals surface area contributed by atoms with Crippen molar-refractivity contribution in [3.05, 3.63) is 107 Å². The molecule has 0 bridgehead atoms. The molecule has 216 valence electrons. The third-order valence-electron chi connectivity index (χ3n) is 8.09. The average molecular weight is 574 g/mol. The van der Waals surface area contributed by atoms with Crippen LogP contribution >= 0.6 is 0 Å². The minimum atomic E-state index is -4.44. The van der Waals surface area contributed by atoms with Crippen LogP contribution in [0.2, 0.25) is 0 Å². The van der Waals surface area contributed by atoms with E-state index in [1.807, 2.05) is 48.5 Å². The molecule has 2 N–H and O–H groups in total. The molecular weight excluding hydrogens is 543 g/mol. The molecule has 4 aromatic rings. The van der Waals surface area contributed by atoms with Crippen LogP contribution in [0.15, 0.2) is 79.0 Å². The van der Waals surface area contributed by atoms with E-state index in [2.05, 4.69) is 15.2 Å². The molecule has 1 aliphatic heterocycles. The summed E-state index contributed by atoms with van der Waals surface area (Å²) in [5.74, 6) is -0.0377. The van der Waals surface area contributed by atoms with Crippen molar-refractivity contribution in [2.75, 3.05) is 38.0 Å². The number of nitrogens with zero attached hydrogens (tertiary/aromatic N) is 4. The Balaban J connectivity index is 1.16. The molecule has 0 saturated carbocycles. The zero-order valence-electron chi connectivity index (χ0n) is 22.8. The molecule has 3 aromatic carbocycles. The fourth-order valence-electron chi connectivity index (χ4n) is 5.87. The molecule has 1 fully saturated rings. The maximum atomic E-state index is 13.9. The summed E-state index contributed by atoms with van der Waals surface area (Å²) in [5, 5.41) is 12.4. The SMILES string of the molecule is O=C(O)N1CCN(CCc2ccc(Nc3ncc4c(n3)-c3ccccc3C(c3ccccc3C(F)(F)F)C4)cc2)CC1. The lowest BCUT2D eigenvalue weighted by atomic mass is 9.76. The van der Waals surface area contributed by atoms with Crippen LogP contribution in [0, 0.1) is 0 Å². The first-order chi connectivity index (χ1) is 20.3. The van der Waals surface area contributed by atoms with Gasteiger partial charge in [-0.1, -0.05) is 54.6 Å². The Morgan fingerprint density at radius 3 is 2.33 bits per heavy atom. The number of nitrogens with one attached hydrogen (secondary N) is 1. The predicted molar refractivity (Wildman–Crippen MR) is 154 cm³/mol. The van der Waals surface area contributed by atoms with E-state index in [0.29, 0.717) is 25.5 Å². The highest BCUT2D eigenvalue weighted by molar-refractivity contribution is 5.73. The second kappa shape index (κ2) is 11.4. The zero-order chi connectivity index (χ0) is 29.3. The second-order valence-electron chi connectivity index (χ2n) is 10.7. The lowest BCUT2D eigenvalue weighted by Crippen LogP contribution is -2.48. The number of aromatic nitrogens is 2. The number of halogens is 3. The summed E-state index contributed by atoms with van der Waals surface area (Å²) < 4.78 is 41.6. The Hall–Kier alpha value is -4.44. The second-order valence-corrected chi connectivity index (χ2v) is 10.7. The number of carboxylic acid groups (broad SMARTS) is 1. The summed E-state index contributed by atoms with van der Waals surface area (Å²) in [6.07, 6.45) is -2.36. The van der Waals surface area contributed by atoms with Gasteiger partial charge < -0.3 is 15.3 Å². The lowest BCUT2D eigenvalue weighted by Gasteiger charge is -2.33. The van der Waals surface area contributed by atoms with Crippen molar-refractivity contribution in [2.45, 2.75) is 24.9 Å². The van der Waals surface area contributed by atoms with Gasteiger partial charge in [0, 0.05) is 56.1 Å². The quantitative estimate of drug-likeness (QED) is 0.277. The highest BCUT2D eigenvalue weighted by Gasteiger charge is 2.37. The van der Waals surface area contributed by atoms with Gasteiger partial charge in [-0.05, 0) is 53.3 Å². The Morgan fingerprint density at radius 1 is 0.929 bits per heavy atom. The number of benzene rings is 3. The molecule has 42 heavy (non-hydrogen) atoms. The molecule has 10 heteroatoms. The van der Waals surface area contributed by atoms with Crippen molar-refractivity contribution in [2.24, 2.45) is 0 Å². The van der Waals surface area contributed by atoms with Crippen molar-refractivity contribution in [3.8, 4) is 11.3 Å². The molecule has 1 amide bonds. The van der Waals surface area contributed by atoms with Crippen molar-refractivity contribution in [3.63, 3.8) is 0 Å². The van der Waals surface area contributed by atoms with Gasteiger partial charge in [-0.25, -0.2) is 14.8 Å². The van der Waals surface area contributed by atoms with E-state index in [1.54, 1.807) is 18.3 Å².